The van der Waals surface area contributed by atoms with Crippen LogP contribution in [-0.2, 0) is 0 Å². The monoisotopic (exact) mass is 191 g/mol. The predicted octanol–water partition coefficient (Wildman–Crippen LogP) is 0.418. The SMILES string of the molecule is CSCCN(C)CCC(N)=NO. The van der Waals surface area contributed by atoms with Crippen LogP contribution < -0.4 is 5.73 Å². The van der Waals surface area contributed by atoms with Gasteiger partial charge in [0, 0.05) is 25.3 Å². The fourth-order valence-corrected chi connectivity index (χ4v) is 1.21. The van der Waals surface area contributed by atoms with Gasteiger partial charge in [-0.1, -0.05) is 5.16 Å². The summed E-state index contributed by atoms with van der Waals surface area (Å²) in [5, 5.41) is 11.2. The van der Waals surface area contributed by atoms with Crippen molar-refractivity contribution in [1.29, 1.82) is 0 Å². The number of nitrogens with zero attached hydrogens (tertiary/aromatic N) is 2. The lowest BCUT2D eigenvalue weighted by Crippen LogP contribution is -2.26. The van der Waals surface area contributed by atoms with Gasteiger partial charge in [-0.2, -0.15) is 11.8 Å². The van der Waals surface area contributed by atoms with Crippen molar-refractivity contribution in [2.24, 2.45) is 10.9 Å². The summed E-state index contributed by atoms with van der Waals surface area (Å²) in [5.41, 5.74) is 5.32. The van der Waals surface area contributed by atoms with E-state index in [0.29, 0.717) is 12.3 Å². The maximum Gasteiger partial charge on any atom is 0.140 e. The highest BCUT2D eigenvalue weighted by molar-refractivity contribution is 7.98. The van der Waals surface area contributed by atoms with E-state index in [-0.39, 0.29) is 0 Å². The molecule has 0 heterocycles. The Morgan fingerprint density at radius 1 is 1.58 bits per heavy atom. The Morgan fingerprint density at radius 3 is 2.75 bits per heavy atom. The summed E-state index contributed by atoms with van der Waals surface area (Å²) in [5.74, 6) is 1.41. The van der Waals surface area contributed by atoms with Crippen molar-refractivity contribution in [3.63, 3.8) is 0 Å². The number of thioether (sulfide) groups is 1. The number of hydrogen-bond donors (Lipinski definition) is 2. The first kappa shape index (κ1) is 11.6. The highest BCUT2D eigenvalue weighted by atomic mass is 32.2. The van der Waals surface area contributed by atoms with E-state index in [1.165, 1.54) is 0 Å². The highest BCUT2D eigenvalue weighted by Crippen LogP contribution is 1.94. The van der Waals surface area contributed by atoms with E-state index in [2.05, 4.69) is 16.3 Å². The van der Waals surface area contributed by atoms with Crippen molar-refractivity contribution in [3.8, 4) is 0 Å². The second-order valence-corrected chi connectivity index (χ2v) is 3.62. The van der Waals surface area contributed by atoms with Crippen molar-refractivity contribution < 1.29 is 5.21 Å². The Hall–Kier alpha value is -0.420. The molecule has 4 nitrogen and oxygen atoms in total. The molecule has 0 atom stereocenters. The third-order valence-corrected chi connectivity index (χ3v) is 2.15. The van der Waals surface area contributed by atoms with Crippen LogP contribution >= 0.6 is 11.8 Å². The molecule has 0 saturated heterocycles. The maximum absolute atomic E-state index is 8.26. The minimum Gasteiger partial charge on any atom is -0.409 e. The molecule has 0 unspecified atom stereocenters. The molecule has 0 bridgehead atoms. The standard InChI is InChI=1S/C7H17N3OS/c1-10(5-6-12-2)4-3-7(8)9-11/h11H,3-6H2,1-2H3,(H2,8,9). The third-order valence-electron chi connectivity index (χ3n) is 1.56. The molecule has 12 heavy (non-hydrogen) atoms. The number of hydrogen-bond acceptors (Lipinski definition) is 4. The fraction of sp³-hybridized carbons (Fsp3) is 0.857. The minimum atomic E-state index is 0.297. The lowest BCUT2D eigenvalue weighted by molar-refractivity contribution is 0.313. The van der Waals surface area contributed by atoms with Crippen molar-refractivity contribution in [2.45, 2.75) is 6.42 Å². The molecule has 0 aliphatic heterocycles. The van der Waals surface area contributed by atoms with Crippen LogP contribution in [0.1, 0.15) is 6.42 Å². The van der Waals surface area contributed by atoms with Gasteiger partial charge in [0.05, 0.1) is 0 Å². The topological polar surface area (TPSA) is 61.8 Å². The fourth-order valence-electron chi connectivity index (χ4n) is 0.714. The quantitative estimate of drug-likeness (QED) is 0.276. The lowest BCUT2D eigenvalue weighted by atomic mass is 10.4. The van der Waals surface area contributed by atoms with E-state index in [4.69, 9.17) is 10.9 Å². The van der Waals surface area contributed by atoms with Crippen LogP contribution in [0, 0.1) is 0 Å². The van der Waals surface area contributed by atoms with E-state index in [1.54, 1.807) is 0 Å². The first-order chi connectivity index (χ1) is 5.70. The average molecular weight is 191 g/mol. The normalized spacial score (nSPS) is 12.4. The van der Waals surface area contributed by atoms with Gasteiger partial charge in [-0.15, -0.1) is 0 Å². The van der Waals surface area contributed by atoms with Gasteiger partial charge in [0.25, 0.3) is 0 Å². The van der Waals surface area contributed by atoms with E-state index >= 15 is 0 Å². The molecule has 0 aliphatic carbocycles. The summed E-state index contributed by atoms with van der Waals surface area (Å²) in [6, 6.07) is 0. The van der Waals surface area contributed by atoms with Gasteiger partial charge in [0.15, 0.2) is 0 Å². The van der Waals surface area contributed by atoms with Crippen molar-refractivity contribution in [1.82, 2.24) is 4.90 Å². The molecule has 0 radical (unpaired) electrons. The zero-order chi connectivity index (χ0) is 9.40. The summed E-state index contributed by atoms with van der Waals surface area (Å²) in [6.07, 6.45) is 2.71. The molecule has 0 aromatic heterocycles. The second-order valence-electron chi connectivity index (χ2n) is 2.64. The van der Waals surface area contributed by atoms with Gasteiger partial charge in [-0.05, 0) is 13.3 Å². The zero-order valence-electron chi connectivity index (χ0n) is 7.66. The molecule has 0 aromatic rings. The summed E-state index contributed by atoms with van der Waals surface area (Å²) in [4.78, 5) is 2.16. The van der Waals surface area contributed by atoms with E-state index in [1.807, 2.05) is 18.8 Å². The van der Waals surface area contributed by atoms with Crippen LogP contribution in [0.2, 0.25) is 0 Å². The highest BCUT2D eigenvalue weighted by Gasteiger charge is 1.99. The number of nitrogens with two attached hydrogens (primary N) is 1. The molecule has 0 aromatic carbocycles. The van der Waals surface area contributed by atoms with Gasteiger partial charge < -0.3 is 15.8 Å². The summed E-state index contributed by atoms with van der Waals surface area (Å²) >= 11 is 1.82. The van der Waals surface area contributed by atoms with Gasteiger partial charge in [0.1, 0.15) is 5.84 Å². The molecule has 5 heteroatoms. The largest absolute Gasteiger partial charge is 0.409 e. The van der Waals surface area contributed by atoms with Gasteiger partial charge in [-0.25, -0.2) is 0 Å². The summed E-state index contributed by atoms with van der Waals surface area (Å²) in [6.45, 7) is 1.89. The summed E-state index contributed by atoms with van der Waals surface area (Å²) < 4.78 is 0. The van der Waals surface area contributed by atoms with Crippen LogP contribution in [-0.4, -0.2) is 48.1 Å². The van der Waals surface area contributed by atoms with Gasteiger partial charge in [-0.3, -0.25) is 0 Å². The first-order valence-corrected chi connectivity index (χ1v) is 5.24. The Morgan fingerprint density at radius 2 is 2.25 bits per heavy atom. The molecular weight excluding hydrogens is 174 g/mol. The molecular formula is C7H17N3OS. The van der Waals surface area contributed by atoms with E-state index < -0.39 is 0 Å². The van der Waals surface area contributed by atoms with Gasteiger partial charge in [0.2, 0.25) is 0 Å². The first-order valence-electron chi connectivity index (χ1n) is 3.84. The Kier molecular flexibility index (Phi) is 6.99. The Labute approximate surface area is 77.8 Å². The molecule has 0 saturated carbocycles. The molecule has 0 rings (SSSR count). The van der Waals surface area contributed by atoms with E-state index in [9.17, 15) is 0 Å². The summed E-state index contributed by atoms with van der Waals surface area (Å²) in [7, 11) is 2.03. The van der Waals surface area contributed by atoms with Crippen LogP contribution in [0.15, 0.2) is 5.16 Å². The zero-order valence-corrected chi connectivity index (χ0v) is 8.47. The van der Waals surface area contributed by atoms with Crippen LogP contribution in [0.25, 0.3) is 0 Å². The van der Waals surface area contributed by atoms with Gasteiger partial charge >= 0.3 is 0 Å². The molecule has 3 N–H and O–H groups in total. The molecule has 0 amide bonds. The van der Waals surface area contributed by atoms with E-state index in [0.717, 1.165) is 18.8 Å². The maximum atomic E-state index is 8.26. The molecule has 0 aliphatic rings. The minimum absolute atomic E-state index is 0.297. The average Bonchev–Trinajstić information content (AvgIpc) is 2.10. The molecule has 0 fully saturated rings. The van der Waals surface area contributed by atoms with Crippen LogP contribution in [0.5, 0.6) is 0 Å². The van der Waals surface area contributed by atoms with Crippen molar-refractivity contribution in [3.05, 3.63) is 0 Å². The van der Waals surface area contributed by atoms with Crippen molar-refractivity contribution in [2.75, 3.05) is 32.1 Å². The number of oxime groups is 1. The van der Waals surface area contributed by atoms with Crippen LogP contribution in [0.3, 0.4) is 0 Å². The van der Waals surface area contributed by atoms with Crippen molar-refractivity contribution >= 4 is 17.6 Å². The number of amidine groups is 1. The Balaban J connectivity index is 3.37. The number of rotatable bonds is 6. The second kappa shape index (κ2) is 7.24. The molecule has 0 spiro atoms. The molecule has 72 valence electrons. The lowest BCUT2D eigenvalue weighted by Gasteiger charge is -2.14. The predicted molar refractivity (Wildman–Crippen MR) is 53.9 cm³/mol. The Bertz CT molecular complexity index is 141. The third kappa shape index (κ3) is 6.30. The van der Waals surface area contributed by atoms with Crippen LogP contribution in [0.4, 0.5) is 0 Å². The smallest absolute Gasteiger partial charge is 0.140 e.